The molecule has 3 aromatic carbocycles. The van der Waals surface area contributed by atoms with Crippen molar-refractivity contribution in [1.82, 2.24) is 5.32 Å². The lowest BCUT2D eigenvalue weighted by Gasteiger charge is -2.14. The highest BCUT2D eigenvalue weighted by Crippen LogP contribution is 2.32. The van der Waals surface area contributed by atoms with Crippen LogP contribution < -0.4 is 15.5 Å². The molecule has 6 nitrogen and oxygen atoms in total. The number of carbonyl (C=O) groups excluding carboxylic acids is 3. The number of alkyl halides is 3. The van der Waals surface area contributed by atoms with Crippen molar-refractivity contribution < 1.29 is 27.6 Å². The monoisotopic (exact) mass is 563 g/mol. The quantitative estimate of drug-likeness (QED) is 0.247. The maximum atomic E-state index is 13.1. The molecule has 1 aliphatic heterocycles. The van der Waals surface area contributed by atoms with Gasteiger partial charge in [0.25, 0.3) is 11.1 Å². The summed E-state index contributed by atoms with van der Waals surface area (Å²) in [6.07, 6.45) is 1.54. The molecule has 1 aliphatic rings. The average molecular weight is 564 g/mol. The van der Waals surface area contributed by atoms with Crippen LogP contribution in [0.4, 0.5) is 29.3 Å². The van der Waals surface area contributed by atoms with Gasteiger partial charge in [0.15, 0.2) is 0 Å². The minimum atomic E-state index is -4.45. The van der Waals surface area contributed by atoms with Gasteiger partial charge >= 0.3 is 6.18 Å². The molecule has 3 amide bonds. The molecule has 0 saturated carbocycles. The zero-order chi connectivity index (χ0) is 28.9. The van der Waals surface area contributed by atoms with E-state index < -0.39 is 28.8 Å². The molecule has 3 aromatic rings. The number of benzene rings is 3. The van der Waals surface area contributed by atoms with Crippen molar-refractivity contribution in [3.05, 3.63) is 118 Å². The van der Waals surface area contributed by atoms with Gasteiger partial charge in [-0.15, -0.1) is 0 Å². The van der Waals surface area contributed by atoms with Gasteiger partial charge in [-0.1, -0.05) is 54.6 Å². The van der Waals surface area contributed by atoms with Crippen molar-refractivity contribution in [1.29, 1.82) is 0 Å². The van der Waals surface area contributed by atoms with Crippen LogP contribution in [0.3, 0.4) is 0 Å². The number of hydrogen-bond acceptors (Lipinski definition) is 5. The molecule has 1 heterocycles. The summed E-state index contributed by atoms with van der Waals surface area (Å²) in [5, 5.41) is 4.47. The molecule has 10 heteroatoms. The van der Waals surface area contributed by atoms with E-state index in [9.17, 15) is 27.6 Å². The summed E-state index contributed by atoms with van der Waals surface area (Å²) in [5.74, 6) is -0.966. The van der Waals surface area contributed by atoms with Gasteiger partial charge in [0, 0.05) is 31.5 Å². The number of allylic oxidation sites excluding steroid dienone is 2. The van der Waals surface area contributed by atoms with Gasteiger partial charge in [0.05, 0.1) is 10.5 Å². The number of nitrogens with one attached hydrogen (secondary N) is 2. The number of imide groups is 1. The van der Waals surface area contributed by atoms with Crippen LogP contribution in [0.5, 0.6) is 0 Å². The third-order valence-corrected chi connectivity index (χ3v) is 6.69. The summed E-state index contributed by atoms with van der Waals surface area (Å²) in [7, 11) is 3.80. The number of rotatable bonds is 7. The first-order valence-electron chi connectivity index (χ1n) is 12.0. The molecule has 204 valence electrons. The largest absolute Gasteiger partial charge is 0.416 e. The highest BCUT2D eigenvalue weighted by molar-refractivity contribution is 8.18. The van der Waals surface area contributed by atoms with Crippen LogP contribution in [0.1, 0.15) is 22.3 Å². The van der Waals surface area contributed by atoms with Crippen molar-refractivity contribution in [2.75, 3.05) is 24.3 Å². The summed E-state index contributed by atoms with van der Waals surface area (Å²) in [6.45, 7) is 0. The molecule has 40 heavy (non-hydrogen) atoms. The summed E-state index contributed by atoms with van der Waals surface area (Å²) >= 11 is 0.775. The van der Waals surface area contributed by atoms with Crippen LogP contribution in [0.2, 0.25) is 0 Å². The Hall–Kier alpha value is -4.57. The van der Waals surface area contributed by atoms with E-state index in [0.717, 1.165) is 35.1 Å². The summed E-state index contributed by atoms with van der Waals surface area (Å²) in [6, 6.07) is 19.2. The maximum Gasteiger partial charge on any atom is 0.416 e. The van der Waals surface area contributed by atoms with Crippen LogP contribution in [0, 0.1) is 0 Å². The van der Waals surface area contributed by atoms with Gasteiger partial charge in [0.1, 0.15) is 0 Å². The van der Waals surface area contributed by atoms with Crippen LogP contribution in [-0.4, -0.2) is 31.1 Å². The van der Waals surface area contributed by atoms with Crippen LogP contribution in [0.15, 0.2) is 95.9 Å². The molecule has 0 aromatic heterocycles. The average Bonchev–Trinajstić information content (AvgIpc) is 3.23. The topological polar surface area (TPSA) is 78.5 Å². The fraction of sp³-hybridized carbons (Fsp3) is 0.100. The number of amides is 3. The Morgan fingerprint density at radius 2 is 1.55 bits per heavy atom. The summed E-state index contributed by atoms with van der Waals surface area (Å²) in [5.41, 5.74) is 3.12. The molecule has 2 N–H and O–H groups in total. The number of hydrogen-bond donors (Lipinski definition) is 2. The van der Waals surface area contributed by atoms with Crippen molar-refractivity contribution in [2.24, 2.45) is 0 Å². The molecule has 0 unspecified atom stereocenters. The van der Waals surface area contributed by atoms with E-state index in [1.807, 2.05) is 43.3 Å². The van der Waals surface area contributed by atoms with E-state index in [1.165, 1.54) is 30.4 Å². The fourth-order valence-electron chi connectivity index (χ4n) is 3.84. The van der Waals surface area contributed by atoms with Crippen LogP contribution in [-0.2, 0) is 15.8 Å². The lowest BCUT2D eigenvalue weighted by Crippen LogP contribution is -2.17. The van der Waals surface area contributed by atoms with E-state index in [2.05, 4.69) is 10.6 Å². The zero-order valence-electron chi connectivity index (χ0n) is 21.5. The molecule has 0 atom stereocenters. The first-order chi connectivity index (χ1) is 19.0. The Labute approximate surface area is 233 Å². The van der Waals surface area contributed by atoms with Crippen molar-refractivity contribution in [3.8, 4) is 0 Å². The number of para-hydroxylation sites is 1. The van der Waals surface area contributed by atoms with Crippen molar-refractivity contribution in [2.45, 2.75) is 6.18 Å². The molecule has 0 bridgehead atoms. The Balaban J connectivity index is 1.59. The number of anilines is 2. The molecule has 0 radical (unpaired) electrons. The van der Waals surface area contributed by atoms with Gasteiger partial charge in [-0.05, 0) is 70.4 Å². The standard InChI is InChI=1S/C30H24F3N3O3S/c1-36(2)23-16-12-20(13-17-23)24(19-10-14-22(15-11-19)30(31,32)33)7-5-9-27(37)34-25-8-4-3-6-21(25)18-26-28(38)35-29(39)40-26/h3-18H,1-2H3,(H,34,37)(H,35,38,39)/b9-5+,24-7-,26-18?. The zero-order valence-corrected chi connectivity index (χ0v) is 22.3. The lowest BCUT2D eigenvalue weighted by atomic mass is 9.96. The minimum absolute atomic E-state index is 0.214. The first-order valence-corrected chi connectivity index (χ1v) is 12.8. The van der Waals surface area contributed by atoms with E-state index in [0.29, 0.717) is 22.4 Å². The van der Waals surface area contributed by atoms with Gasteiger partial charge in [-0.3, -0.25) is 19.7 Å². The second-order valence-electron chi connectivity index (χ2n) is 8.88. The molecule has 0 spiro atoms. The third-order valence-electron chi connectivity index (χ3n) is 5.88. The number of halogens is 3. The molecule has 0 aliphatic carbocycles. The predicted octanol–water partition coefficient (Wildman–Crippen LogP) is 6.72. The number of thioether (sulfide) groups is 1. The number of nitrogens with zero attached hydrogens (tertiary/aromatic N) is 1. The van der Waals surface area contributed by atoms with Gasteiger partial charge in [0.2, 0.25) is 5.91 Å². The van der Waals surface area contributed by atoms with Crippen LogP contribution in [0.25, 0.3) is 11.6 Å². The summed E-state index contributed by atoms with van der Waals surface area (Å²) < 4.78 is 39.3. The predicted molar refractivity (Wildman–Crippen MR) is 153 cm³/mol. The lowest BCUT2D eigenvalue weighted by molar-refractivity contribution is -0.137. The second-order valence-corrected chi connectivity index (χ2v) is 9.90. The van der Waals surface area contributed by atoms with E-state index in [4.69, 9.17) is 0 Å². The normalized spacial score (nSPS) is 15.0. The van der Waals surface area contributed by atoms with E-state index in [1.54, 1.807) is 30.3 Å². The fourth-order valence-corrected chi connectivity index (χ4v) is 4.52. The number of carbonyl (C=O) groups is 3. The van der Waals surface area contributed by atoms with Crippen LogP contribution >= 0.6 is 11.8 Å². The molecular formula is C30H24F3N3O3S. The highest BCUT2D eigenvalue weighted by atomic mass is 32.2. The Kier molecular flexibility index (Phi) is 8.59. The SMILES string of the molecule is CN(C)c1ccc(/C(=C\C=C\C(=O)Nc2ccccc2C=C2SC(=O)NC2=O)c2ccc(C(F)(F)F)cc2)cc1. The Morgan fingerprint density at radius 3 is 2.12 bits per heavy atom. The highest BCUT2D eigenvalue weighted by Gasteiger charge is 2.30. The molecule has 1 saturated heterocycles. The molecular weight excluding hydrogens is 539 g/mol. The van der Waals surface area contributed by atoms with Crippen molar-refractivity contribution in [3.63, 3.8) is 0 Å². The van der Waals surface area contributed by atoms with Crippen molar-refractivity contribution >= 4 is 51.8 Å². The van der Waals surface area contributed by atoms with E-state index in [-0.39, 0.29) is 4.91 Å². The van der Waals surface area contributed by atoms with E-state index >= 15 is 0 Å². The van der Waals surface area contributed by atoms with Gasteiger partial charge in [-0.25, -0.2) is 0 Å². The smallest absolute Gasteiger partial charge is 0.378 e. The third kappa shape index (κ3) is 7.09. The van der Waals surface area contributed by atoms with Gasteiger partial charge < -0.3 is 10.2 Å². The molecule has 4 rings (SSSR count). The Bertz CT molecular complexity index is 1520. The van der Waals surface area contributed by atoms with Gasteiger partial charge in [-0.2, -0.15) is 13.2 Å². The second kappa shape index (κ2) is 12.1. The maximum absolute atomic E-state index is 13.1. The first kappa shape index (κ1) is 28.4. The summed E-state index contributed by atoms with van der Waals surface area (Å²) in [4.78, 5) is 38.2. The minimum Gasteiger partial charge on any atom is -0.378 e. The Morgan fingerprint density at radius 1 is 0.925 bits per heavy atom. The molecule has 1 fully saturated rings.